The van der Waals surface area contributed by atoms with Crippen LogP contribution in [0.3, 0.4) is 0 Å². The number of ether oxygens (including phenoxy) is 1. The molecule has 3 atom stereocenters. The Balaban J connectivity index is 1.49. The molecule has 2 aliphatic carbocycles. The van der Waals surface area contributed by atoms with E-state index < -0.39 is 11.6 Å². The molecule has 1 amide bonds. The van der Waals surface area contributed by atoms with Gasteiger partial charge in [-0.3, -0.25) is 4.79 Å². The first kappa shape index (κ1) is 16.8. The highest BCUT2D eigenvalue weighted by Crippen LogP contribution is 2.49. The van der Waals surface area contributed by atoms with Crippen LogP contribution in [0.2, 0.25) is 0 Å². The maximum absolute atomic E-state index is 14.4. The molecule has 0 spiro atoms. The van der Waals surface area contributed by atoms with Gasteiger partial charge in [0, 0.05) is 25.6 Å². The van der Waals surface area contributed by atoms with Crippen LogP contribution in [-0.4, -0.2) is 32.2 Å². The molecule has 3 fully saturated rings. The fraction of sp³-hybridized carbons (Fsp3) is 0.632. The van der Waals surface area contributed by atoms with Crippen molar-refractivity contribution in [2.75, 3.05) is 36.5 Å². The largest absolute Gasteiger partial charge is 0.378 e. The Morgan fingerprint density at radius 3 is 2.68 bits per heavy atom. The van der Waals surface area contributed by atoms with Crippen molar-refractivity contribution in [1.82, 2.24) is 0 Å². The molecule has 6 heteroatoms. The van der Waals surface area contributed by atoms with Crippen molar-refractivity contribution in [3.8, 4) is 0 Å². The zero-order valence-corrected chi connectivity index (χ0v) is 14.3. The molecule has 2 saturated carbocycles. The molecule has 2 bridgehead atoms. The number of carbonyl (C=O) groups excluding carboxylic acids is 1. The Morgan fingerprint density at radius 2 is 2.00 bits per heavy atom. The summed E-state index contributed by atoms with van der Waals surface area (Å²) in [6.07, 6.45) is 5.28. The van der Waals surface area contributed by atoms with Gasteiger partial charge in [0.05, 0.1) is 18.9 Å². The highest BCUT2D eigenvalue weighted by Gasteiger charge is 2.40. The van der Waals surface area contributed by atoms with E-state index >= 15 is 0 Å². The summed E-state index contributed by atoms with van der Waals surface area (Å²) in [6.45, 7) is 2.13. The van der Waals surface area contributed by atoms with Crippen LogP contribution in [0.4, 0.5) is 20.2 Å². The number of hydrogen-bond donors (Lipinski definition) is 1. The van der Waals surface area contributed by atoms with Gasteiger partial charge in [-0.15, -0.1) is 0 Å². The van der Waals surface area contributed by atoms with Crippen LogP contribution in [0.15, 0.2) is 12.1 Å². The predicted octanol–water partition coefficient (Wildman–Crippen LogP) is 3.57. The summed E-state index contributed by atoms with van der Waals surface area (Å²) in [7, 11) is 0. The first-order chi connectivity index (χ1) is 12.1. The van der Waals surface area contributed by atoms with Gasteiger partial charge in [-0.05, 0) is 43.1 Å². The van der Waals surface area contributed by atoms with Gasteiger partial charge in [-0.25, -0.2) is 8.78 Å². The Hall–Kier alpha value is -1.69. The second-order valence-electron chi connectivity index (χ2n) is 7.57. The molecular weight excluding hydrogens is 326 g/mol. The van der Waals surface area contributed by atoms with Gasteiger partial charge in [0.25, 0.3) is 0 Å². The van der Waals surface area contributed by atoms with Crippen molar-refractivity contribution in [2.24, 2.45) is 17.8 Å². The molecule has 3 unspecified atom stereocenters. The van der Waals surface area contributed by atoms with Crippen LogP contribution in [-0.2, 0) is 9.53 Å². The Kier molecular flexibility index (Phi) is 4.63. The fourth-order valence-corrected chi connectivity index (χ4v) is 4.79. The number of amides is 1. The summed E-state index contributed by atoms with van der Waals surface area (Å²) in [6, 6.07) is 2.12. The van der Waals surface area contributed by atoms with E-state index in [0.29, 0.717) is 50.2 Å². The molecule has 1 N–H and O–H groups in total. The molecule has 1 saturated heterocycles. The summed E-state index contributed by atoms with van der Waals surface area (Å²) in [5, 5.41) is 2.73. The minimum atomic E-state index is -0.720. The van der Waals surface area contributed by atoms with Crippen LogP contribution >= 0.6 is 0 Å². The molecular formula is C19H24F2N2O2. The van der Waals surface area contributed by atoms with Gasteiger partial charge in [-0.2, -0.15) is 0 Å². The van der Waals surface area contributed by atoms with Crippen LogP contribution in [0.25, 0.3) is 0 Å². The molecule has 136 valence electrons. The van der Waals surface area contributed by atoms with E-state index in [2.05, 4.69) is 5.32 Å². The van der Waals surface area contributed by atoms with Crippen molar-refractivity contribution in [3.05, 3.63) is 23.8 Å². The topological polar surface area (TPSA) is 41.6 Å². The van der Waals surface area contributed by atoms with E-state index in [9.17, 15) is 13.6 Å². The standard InChI is InChI=1S/C19H24F2N2O2/c20-15-10-16(21)19(17(11-15)23-3-5-25-6-4-23)22-18(24)9-14-8-12-1-2-13(14)7-12/h10-14H,1-9H2,(H,22,24). The SMILES string of the molecule is O=C(CC1CC2CCC1C2)Nc1c(F)cc(F)cc1N1CCOCC1. The lowest BCUT2D eigenvalue weighted by Gasteiger charge is -2.31. The van der Waals surface area contributed by atoms with Crippen LogP contribution < -0.4 is 10.2 Å². The highest BCUT2D eigenvalue weighted by molar-refractivity contribution is 5.94. The molecule has 25 heavy (non-hydrogen) atoms. The smallest absolute Gasteiger partial charge is 0.224 e. The number of morpholine rings is 1. The van der Waals surface area contributed by atoms with Crippen LogP contribution in [0, 0.1) is 29.4 Å². The normalized spacial score (nSPS) is 28.4. The Labute approximate surface area is 146 Å². The number of nitrogens with zero attached hydrogens (tertiary/aromatic N) is 1. The van der Waals surface area contributed by atoms with Crippen molar-refractivity contribution >= 4 is 17.3 Å². The average Bonchev–Trinajstić information content (AvgIpc) is 3.20. The van der Waals surface area contributed by atoms with Crippen molar-refractivity contribution < 1.29 is 18.3 Å². The fourth-order valence-electron chi connectivity index (χ4n) is 4.79. The first-order valence-corrected chi connectivity index (χ1v) is 9.21. The Morgan fingerprint density at radius 1 is 1.20 bits per heavy atom. The molecule has 1 heterocycles. The van der Waals surface area contributed by atoms with E-state index in [0.717, 1.165) is 18.4 Å². The van der Waals surface area contributed by atoms with Crippen molar-refractivity contribution in [2.45, 2.75) is 32.1 Å². The summed E-state index contributed by atoms with van der Waals surface area (Å²) >= 11 is 0. The molecule has 0 radical (unpaired) electrons. The third kappa shape index (κ3) is 3.50. The van der Waals surface area contributed by atoms with Crippen LogP contribution in [0.1, 0.15) is 32.1 Å². The molecule has 4 nitrogen and oxygen atoms in total. The molecule has 1 aliphatic heterocycles. The summed E-state index contributed by atoms with van der Waals surface area (Å²) in [5.41, 5.74) is 0.499. The summed E-state index contributed by atoms with van der Waals surface area (Å²) in [4.78, 5) is 14.4. The lowest BCUT2D eigenvalue weighted by atomic mass is 9.86. The van der Waals surface area contributed by atoms with Crippen LogP contribution in [0.5, 0.6) is 0 Å². The number of rotatable bonds is 4. The Bertz CT molecular complexity index is 661. The third-order valence-electron chi connectivity index (χ3n) is 5.98. The minimum absolute atomic E-state index is 0.0939. The van der Waals surface area contributed by atoms with Crippen molar-refractivity contribution in [3.63, 3.8) is 0 Å². The van der Waals surface area contributed by atoms with E-state index in [1.54, 1.807) is 0 Å². The number of fused-ring (bicyclic) bond motifs is 2. The molecule has 4 rings (SSSR count). The van der Waals surface area contributed by atoms with E-state index in [1.807, 2.05) is 4.90 Å². The second kappa shape index (κ2) is 6.90. The number of hydrogen-bond acceptors (Lipinski definition) is 3. The van der Waals surface area contributed by atoms with E-state index in [-0.39, 0.29) is 11.6 Å². The van der Waals surface area contributed by atoms with Gasteiger partial charge in [0.15, 0.2) is 5.82 Å². The monoisotopic (exact) mass is 350 g/mol. The number of benzene rings is 1. The van der Waals surface area contributed by atoms with E-state index in [4.69, 9.17) is 4.74 Å². The molecule has 1 aromatic carbocycles. The number of halogens is 2. The van der Waals surface area contributed by atoms with Gasteiger partial charge >= 0.3 is 0 Å². The average molecular weight is 350 g/mol. The highest BCUT2D eigenvalue weighted by atomic mass is 19.1. The zero-order chi connectivity index (χ0) is 17.4. The lowest BCUT2D eigenvalue weighted by molar-refractivity contribution is -0.117. The molecule has 0 aromatic heterocycles. The van der Waals surface area contributed by atoms with Gasteiger partial charge in [-0.1, -0.05) is 6.42 Å². The van der Waals surface area contributed by atoms with Crippen molar-refractivity contribution in [1.29, 1.82) is 0 Å². The molecule has 3 aliphatic rings. The maximum Gasteiger partial charge on any atom is 0.224 e. The van der Waals surface area contributed by atoms with Gasteiger partial charge < -0.3 is 15.0 Å². The lowest BCUT2D eigenvalue weighted by Crippen LogP contribution is -2.37. The number of carbonyl (C=O) groups is 1. The summed E-state index contributed by atoms with van der Waals surface area (Å²) < 4.78 is 33.4. The summed E-state index contributed by atoms with van der Waals surface area (Å²) in [5.74, 6) is 0.307. The third-order valence-corrected chi connectivity index (χ3v) is 5.98. The zero-order valence-electron chi connectivity index (χ0n) is 14.3. The maximum atomic E-state index is 14.4. The second-order valence-corrected chi connectivity index (χ2v) is 7.57. The van der Waals surface area contributed by atoms with E-state index in [1.165, 1.54) is 25.3 Å². The minimum Gasteiger partial charge on any atom is -0.378 e. The number of anilines is 2. The van der Waals surface area contributed by atoms with Gasteiger partial charge in [0.1, 0.15) is 11.5 Å². The predicted molar refractivity (Wildman–Crippen MR) is 91.6 cm³/mol. The number of nitrogens with one attached hydrogen (secondary N) is 1. The van der Waals surface area contributed by atoms with Gasteiger partial charge in [0.2, 0.25) is 5.91 Å². The molecule has 1 aromatic rings. The first-order valence-electron chi connectivity index (χ1n) is 9.21. The quantitative estimate of drug-likeness (QED) is 0.903.